The molecule has 0 unspecified atom stereocenters. The average Bonchev–Trinajstić information content (AvgIpc) is 3.95. The van der Waals surface area contributed by atoms with Crippen LogP contribution in [0.5, 0.6) is 0 Å². The third-order valence-electron chi connectivity index (χ3n) is 11.0. The molecule has 0 aliphatic carbocycles. The minimum absolute atomic E-state index is 0.00210. The molecule has 0 saturated carbocycles. The lowest BCUT2D eigenvalue weighted by atomic mass is 10.0. The fourth-order valence-corrected chi connectivity index (χ4v) is 7.81. The zero-order chi connectivity index (χ0) is 50.7. The van der Waals surface area contributed by atoms with Gasteiger partial charge in [-0.25, -0.2) is 4.79 Å². The van der Waals surface area contributed by atoms with Gasteiger partial charge in [0.1, 0.15) is 42.3 Å². The zero-order valence-electron chi connectivity index (χ0n) is 37.9. The van der Waals surface area contributed by atoms with Gasteiger partial charge < -0.3 is 74.2 Å². The average molecular weight is 972 g/mol. The van der Waals surface area contributed by atoms with Crippen molar-refractivity contribution in [3.8, 4) is 0 Å². The number of carboxylic acid groups (broad SMARTS) is 2. The molecule has 0 aromatic carbocycles. The van der Waals surface area contributed by atoms with Gasteiger partial charge in [0.2, 0.25) is 59.1 Å². The van der Waals surface area contributed by atoms with Crippen LogP contribution in [0.1, 0.15) is 85.0 Å². The van der Waals surface area contributed by atoms with E-state index in [9.17, 15) is 67.7 Å². The maximum absolute atomic E-state index is 14.0. The van der Waals surface area contributed by atoms with Gasteiger partial charge >= 0.3 is 11.9 Å². The molecule has 0 bridgehead atoms. The Kier molecular flexibility index (Phi) is 23.4. The van der Waals surface area contributed by atoms with E-state index in [0.717, 1.165) is 9.80 Å². The summed E-state index contributed by atoms with van der Waals surface area (Å²) in [6.45, 7) is 3.71. The van der Waals surface area contributed by atoms with Crippen molar-refractivity contribution in [3.63, 3.8) is 0 Å². The highest BCUT2D eigenvalue weighted by Gasteiger charge is 2.43. The van der Waals surface area contributed by atoms with Crippen molar-refractivity contribution in [1.82, 2.24) is 41.7 Å². The Labute approximate surface area is 390 Å². The number of aliphatic hydroxyl groups is 1. The number of nitrogens with two attached hydrogens (primary N) is 3. The number of nitrogens with zero attached hydrogens (tertiary/aromatic N) is 2. The van der Waals surface area contributed by atoms with E-state index in [1.807, 2.05) is 0 Å². The van der Waals surface area contributed by atoms with Gasteiger partial charge in [0, 0.05) is 25.9 Å². The molecule has 15 N–H and O–H groups in total. The van der Waals surface area contributed by atoms with Crippen molar-refractivity contribution in [2.75, 3.05) is 31.6 Å². The van der Waals surface area contributed by atoms with E-state index in [1.54, 1.807) is 20.1 Å². The van der Waals surface area contributed by atoms with Crippen molar-refractivity contribution in [2.45, 2.75) is 139 Å². The molecule has 2 saturated heterocycles. The molecular formula is C40H65N11O15S. The van der Waals surface area contributed by atoms with E-state index < -0.39 is 151 Å². The number of carbonyl (C=O) groups is 12. The maximum Gasteiger partial charge on any atom is 0.326 e. The summed E-state index contributed by atoms with van der Waals surface area (Å²) in [5.74, 6) is -11.5. The molecule has 0 radical (unpaired) electrons. The predicted molar refractivity (Wildman–Crippen MR) is 236 cm³/mol. The Bertz CT molecular complexity index is 1850. The lowest BCUT2D eigenvalue weighted by Crippen LogP contribution is -2.62. The summed E-state index contributed by atoms with van der Waals surface area (Å²) in [4.78, 5) is 155. The Morgan fingerprint density at radius 3 is 1.76 bits per heavy atom. The van der Waals surface area contributed by atoms with Crippen LogP contribution < -0.4 is 49.1 Å². The Morgan fingerprint density at radius 1 is 0.657 bits per heavy atom. The zero-order valence-corrected chi connectivity index (χ0v) is 38.8. The van der Waals surface area contributed by atoms with Gasteiger partial charge in [0.15, 0.2) is 0 Å². The monoisotopic (exact) mass is 971 g/mol. The summed E-state index contributed by atoms with van der Waals surface area (Å²) in [5.41, 5.74) is 16.3. The first kappa shape index (κ1) is 57.0. The SMILES string of the molecule is CSCC[C@H](NC(=O)[C@@H](N)CCC(=O)O)C(=O)N[C@H](C(=O)N1CCC[C@H]1C(=O)N[C@H](C(=O)N[C@@H](CC(N)=O)C(=O)N1CCC[C@H]1C(=O)NCC(=O)N[C@@H](CCC(N)=O)C(=O)O)C(C)C)[C@@H](C)O. The molecule has 2 aliphatic heterocycles. The van der Waals surface area contributed by atoms with Crippen LogP contribution >= 0.6 is 11.8 Å². The number of aliphatic carboxylic acids is 2. The second-order valence-electron chi connectivity index (χ2n) is 16.6. The maximum atomic E-state index is 14.0. The number of thioether (sulfide) groups is 1. The molecule has 376 valence electrons. The molecule has 26 nitrogen and oxygen atoms in total. The smallest absolute Gasteiger partial charge is 0.326 e. The molecule has 2 aliphatic rings. The van der Waals surface area contributed by atoms with Crippen molar-refractivity contribution in [3.05, 3.63) is 0 Å². The van der Waals surface area contributed by atoms with E-state index in [1.165, 1.54) is 18.7 Å². The standard InChI is InChI=1S/C40H65N11O15S/c1-19(2)31(37(62)47-24(17-28(43)54)38(63)50-14-5-7-25(50)35(60)44-18-29(55)45-23(40(65)66)10-11-27(42)53)48-36(61)26-8-6-15-51(26)39(64)32(20(3)52)49-34(59)22(13-16-67-4)46-33(58)21(41)9-12-30(56)57/h19-26,31-32,52H,5-18,41H2,1-4H3,(H2,42,53)(H2,43,54)(H,44,60)(H,45,55)(H,46,58)(H,47,62)(H,48,61)(H,49,59)(H,56,57)(H,65,66)/t20-,21+,22+,23+,24+,25+,26+,31+,32+/m1/s1. The van der Waals surface area contributed by atoms with Gasteiger partial charge in [-0.1, -0.05) is 13.8 Å². The van der Waals surface area contributed by atoms with Crippen molar-refractivity contribution in [1.29, 1.82) is 0 Å². The second kappa shape index (κ2) is 27.5. The number of nitrogens with one attached hydrogen (secondary N) is 6. The van der Waals surface area contributed by atoms with Crippen LogP contribution in [0.15, 0.2) is 0 Å². The van der Waals surface area contributed by atoms with Crippen LogP contribution in [0, 0.1) is 5.92 Å². The van der Waals surface area contributed by atoms with Gasteiger partial charge in [0.05, 0.1) is 25.1 Å². The van der Waals surface area contributed by atoms with Gasteiger partial charge in [-0.05, 0) is 69.8 Å². The topological polar surface area (TPSA) is 422 Å². The van der Waals surface area contributed by atoms with Gasteiger partial charge in [-0.2, -0.15) is 11.8 Å². The molecule has 2 heterocycles. The predicted octanol–water partition coefficient (Wildman–Crippen LogP) is -5.28. The Balaban J connectivity index is 2.19. The largest absolute Gasteiger partial charge is 0.481 e. The quantitative estimate of drug-likeness (QED) is 0.0348. The highest BCUT2D eigenvalue weighted by molar-refractivity contribution is 7.98. The van der Waals surface area contributed by atoms with Crippen LogP contribution in [0.4, 0.5) is 0 Å². The summed E-state index contributed by atoms with van der Waals surface area (Å²) in [7, 11) is 0. The van der Waals surface area contributed by atoms with Crippen molar-refractivity contribution < 1.29 is 72.9 Å². The number of rotatable bonds is 28. The molecule has 0 aromatic rings. The first-order valence-corrected chi connectivity index (χ1v) is 23.1. The number of carboxylic acids is 2. The Hall–Kier alpha value is -6.09. The fourth-order valence-electron chi connectivity index (χ4n) is 7.34. The molecule has 9 atom stereocenters. The number of hydrogen-bond acceptors (Lipinski definition) is 15. The lowest BCUT2D eigenvalue weighted by molar-refractivity contribution is -0.145. The molecule has 27 heteroatoms. The van der Waals surface area contributed by atoms with Crippen LogP contribution in [0.3, 0.4) is 0 Å². The molecular weight excluding hydrogens is 907 g/mol. The summed E-state index contributed by atoms with van der Waals surface area (Å²) in [6.07, 6.45) is -0.738. The summed E-state index contributed by atoms with van der Waals surface area (Å²) in [6, 6.07) is -10.9. The third kappa shape index (κ3) is 18.3. The number of likely N-dealkylation sites (tertiary alicyclic amines) is 2. The van der Waals surface area contributed by atoms with E-state index in [4.69, 9.17) is 22.3 Å². The number of aliphatic hydroxyl groups excluding tert-OH is 1. The lowest BCUT2D eigenvalue weighted by Gasteiger charge is -2.33. The highest BCUT2D eigenvalue weighted by Crippen LogP contribution is 2.22. The van der Waals surface area contributed by atoms with Gasteiger partial charge in [-0.3, -0.25) is 52.7 Å². The van der Waals surface area contributed by atoms with Crippen molar-refractivity contribution >= 4 is 82.8 Å². The molecule has 2 rings (SSSR count). The van der Waals surface area contributed by atoms with Crippen LogP contribution in [0.2, 0.25) is 0 Å². The fraction of sp³-hybridized carbons (Fsp3) is 0.700. The summed E-state index contributed by atoms with van der Waals surface area (Å²) in [5, 5.41) is 43.5. The van der Waals surface area contributed by atoms with Crippen molar-refractivity contribution in [2.24, 2.45) is 23.1 Å². The van der Waals surface area contributed by atoms with Gasteiger partial charge in [-0.15, -0.1) is 0 Å². The molecule has 2 fully saturated rings. The second-order valence-corrected chi connectivity index (χ2v) is 17.6. The molecule has 0 spiro atoms. The molecule has 67 heavy (non-hydrogen) atoms. The van der Waals surface area contributed by atoms with Gasteiger partial charge in [0.25, 0.3) is 0 Å². The van der Waals surface area contributed by atoms with E-state index >= 15 is 0 Å². The minimum Gasteiger partial charge on any atom is -0.481 e. The molecule has 10 amide bonds. The first-order chi connectivity index (χ1) is 31.4. The van der Waals surface area contributed by atoms with E-state index in [2.05, 4.69) is 31.9 Å². The minimum atomic E-state index is -1.62. The Morgan fingerprint density at radius 2 is 1.24 bits per heavy atom. The van der Waals surface area contributed by atoms with Crippen LogP contribution in [0.25, 0.3) is 0 Å². The van der Waals surface area contributed by atoms with Crippen LogP contribution in [-0.2, 0) is 57.5 Å². The normalized spacial score (nSPS) is 18.8. The number of carbonyl (C=O) groups excluding carboxylic acids is 10. The molecule has 0 aromatic heterocycles. The summed E-state index contributed by atoms with van der Waals surface area (Å²) < 4.78 is 0. The van der Waals surface area contributed by atoms with E-state index in [0.29, 0.717) is 18.6 Å². The van der Waals surface area contributed by atoms with Crippen LogP contribution in [-0.4, -0.2) is 182 Å². The third-order valence-corrected chi connectivity index (χ3v) is 11.6. The van der Waals surface area contributed by atoms with E-state index in [-0.39, 0.29) is 51.6 Å². The highest BCUT2D eigenvalue weighted by atomic mass is 32.2. The number of amides is 10. The summed E-state index contributed by atoms with van der Waals surface area (Å²) >= 11 is 1.36. The number of hydrogen-bond donors (Lipinski definition) is 12. The number of primary amides is 2. The first-order valence-electron chi connectivity index (χ1n) is 21.7.